The van der Waals surface area contributed by atoms with Crippen LogP contribution >= 0.6 is 0 Å². The third-order valence-electron chi connectivity index (χ3n) is 2.93. The molecular formula is C14H20N4O. The first-order valence-electron chi connectivity index (χ1n) is 6.65. The largest absolute Gasteiger partial charge is 0.406 e. The predicted molar refractivity (Wildman–Crippen MR) is 75.5 cm³/mol. The van der Waals surface area contributed by atoms with Gasteiger partial charge >= 0.3 is 6.01 Å². The molecule has 0 amide bonds. The van der Waals surface area contributed by atoms with E-state index in [1.54, 1.807) is 0 Å². The summed E-state index contributed by atoms with van der Waals surface area (Å²) in [4.78, 5) is 2.00. The molecule has 102 valence electrons. The highest BCUT2D eigenvalue weighted by Crippen LogP contribution is 2.24. The van der Waals surface area contributed by atoms with E-state index in [9.17, 15) is 0 Å². The number of para-hydroxylation sites is 1. The number of anilines is 2. The summed E-state index contributed by atoms with van der Waals surface area (Å²) < 4.78 is 5.75. The van der Waals surface area contributed by atoms with Gasteiger partial charge in [0.05, 0.1) is 6.04 Å². The lowest BCUT2D eigenvalue weighted by molar-refractivity contribution is 0.424. The van der Waals surface area contributed by atoms with Crippen LogP contribution in [0.1, 0.15) is 32.7 Å². The highest BCUT2D eigenvalue weighted by Gasteiger charge is 2.17. The van der Waals surface area contributed by atoms with Gasteiger partial charge in [-0.3, -0.25) is 4.90 Å². The second-order valence-electron chi connectivity index (χ2n) is 4.28. The summed E-state index contributed by atoms with van der Waals surface area (Å²) in [6, 6.07) is 10.6. The lowest BCUT2D eigenvalue weighted by Gasteiger charge is -2.17. The van der Waals surface area contributed by atoms with Crippen LogP contribution in [0.15, 0.2) is 34.7 Å². The van der Waals surface area contributed by atoms with Crippen molar-refractivity contribution < 1.29 is 4.42 Å². The monoisotopic (exact) mass is 260 g/mol. The first-order chi connectivity index (χ1) is 9.26. The predicted octanol–water partition coefficient (Wildman–Crippen LogP) is 2.90. The molecule has 5 nitrogen and oxygen atoms in total. The molecule has 0 aliphatic heterocycles. The molecular weight excluding hydrogens is 240 g/mol. The van der Waals surface area contributed by atoms with Gasteiger partial charge in [0.15, 0.2) is 0 Å². The molecule has 5 heteroatoms. The molecule has 1 N–H and O–H groups in total. The fourth-order valence-corrected chi connectivity index (χ4v) is 1.94. The quantitative estimate of drug-likeness (QED) is 0.865. The van der Waals surface area contributed by atoms with Gasteiger partial charge < -0.3 is 9.73 Å². The average Bonchev–Trinajstić information content (AvgIpc) is 2.91. The van der Waals surface area contributed by atoms with Crippen molar-refractivity contribution in [1.29, 1.82) is 0 Å². The van der Waals surface area contributed by atoms with Crippen molar-refractivity contribution in [2.24, 2.45) is 0 Å². The van der Waals surface area contributed by atoms with Crippen molar-refractivity contribution in [2.75, 3.05) is 18.0 Å². The molecule has 1 aromatic carbocycles. The third-order valence-corrected chi connectivity index (χ3v) is 2.93. The SMILES string of the molecule is CCNC(C)c1nnc(N(CC)c2ccccc2)o1. The second kappa shape index (κ2) is 6.33. The van der Waals surface area contributed by atoms with Crippen LogP contribution in [0.4, 0.5) is 11.7 Å². The van der Waals surface area contributed by atoms with Crippen LogP contribution < -0.4 is 10.2 Å². The molecule has 1 heterocycles. The summed E-state index contributed by atoms with van der Waals surface area (Å²) in [6.45, 7) is 7.77. The fraction of sp³-hybridized carbons (Fsp3) is 0.429. The fourth-order valence-electron chi connectivity index (χ4n) is 1.94. The molecule has 0 aliphatic carbocycles. The van der Waals surface area contributed by atoms with Gasteiger partial charge in [-0.05, 0) is 32.5 Å². The number of rotatable bonds is 6. The molecule has 0 fully saturated rings. The number of hydrogen-bond donors (Lipinski definition) is 1. The van der Waals surface area contributed by atoms with E-state index in [0.29, 0.717) is 11.9 Å². The van der Waals surface area contributed by atoms with Gasteiger partial charge in [-0.25, -0.2) is 0 Å². The van der Waals surface area contributed by atoms with Crippen LogP contribution in [0.3, 0.4) is 0 Å². The first-order valence-corrected chi connectivity index (χ1v) is 6.65. The highest BCUT2D eigenvalue weighted by atomic mass is 16.4. The zero-order valence-electron chi connectivity index (χ0n) is 11.6. The number of benzene rings is 1. The summed E-state index contributed by atoms with van der Waals surface area (Å²) in [5.74, 6) is 0.617. The lowest BCUT2D eigenvalue weighted by Crippen LogP contribution is -2.18. The lowest BCUT2D eigenvalue weighted by atomic mass is 10.3. The van der Waals surface area contributed by atoms with E-state index >= 15 is 0 Å². The van der Waals surface area contributed by atoms with E-state index in [-0.39, 0.29) is 6.04 Å². The minimum Gasteiger partial charge on any atom is -0.406 e. The van der Waals surface area contributed by atoms with Crippen LogP contribution in [-0.2, 0) is 0 Å². The molecule has 0 radical (unpaired) electrons. The number of hydrogen-bond acceptors (Lipinski definition) is 5. The van der Waals surface area contributed by atoms with E-state index in [2.05, 4.69) is 29.4 Å². The number of aromatic nitrogens is 2. The summed E-state index contributed by atoms with van der Waals surface area (Å²) in [7, 11) is 0. The average molecular weight is 260 g/mol. The van der Waals surface area contributed by atoms with Crippen molar-refractivity contribution in [1.82, 2.24) is 15.5 Å². The van der Waals surface area contributed by atoms with Gasteiger partial charge in [-0.15, -0.1) is 5.10 Å². The van der Waals surface area contributed by atoms with Gasteiger partial charge in [0, 0.05) is 12.2 Å². The topological polar surface area (TPSA) is 54.2 Å². The van der Waals surface area contributed by atoms with Crippen molar-refractivity contribution in [3.8, 4) is 0 Å². The van der Waals surface area contributed by atoms with E-state index < -0.39 is 0 Å². The van der Waals surface area contributed by atoms with Crippen LogP contribution in [0.25, 0.3) is 0 Å². The van der Waals surface area contributed by atoms with Crippen molar-refractivity contribution in [3.05, 3.63) is 36.2 Å². The van der Waals surface area contributed by atoms with Crippen LogP contribution in [0.5, 0.6) is 0 Å². The smallest absolute Gasteiger partial charge is 0.322 e. The Hall–Kier alpha value is -1.88. The standard InChI is InChI=1S/C14H20N4O/c1-4-15-11(3)13-16-17-14(19-13)18(5-2)12-9-7-6-8-10-12/h6-11,15H,4-5H2,1-3H3. The molecule has 19 heavy (non-hydrogen) atoms. The molecule has 2 aromatic rings. The summed E-state index contributed by atoms with van der Waals surface area (Å²) >= 11 is 0. The maximum atomic E-state index is 5.75. The zero-order valence-corrected chi connectivity index (χ0v) is 11.6. The number of nitrogens with zero attached hydrogens (tertiary/aromatic N) is 3. The molecule has 1 aromatic heterocycles. The second-order valence-corrected chi connectivity index (χ2v) is 4.28. The minimum atomic E-state index is 0.0701. The van der Waals surface area contributed by atoms with Crippen LogP contribution in [-0.4, -0.2) is 23.3 Å². The van der Waals surface area contributed by atoms with Crippen LogP contribution in [0, 0.1) is 0 Å². The van der Waals surface area contributed by atoms with Gasteiger partial charge in [0.2, 0.25) is 5.89 Å². The van der Waals surface area contributed by atoms with Gasteiger partial charge in [-0.2, -0.15) is 0 Å². The van der Waals surface area contributed by atoms with Gasteiger partial charge in [0.25, 0.3) is 0 Å². The third kappa shape index (κ3) is 3.12. The first kappa shape index (κ1) is 13.5. The molecule has 0 saturated carbocycles. The highest BCUT2D eigenvalue weighted by molar-refractivity contribution is 5.55. The van der Waals surface area contributed by atoms with Crippen molar-refractivity contribution in [3.63, 3.8) is 0 Å². The van der Waals surface area contributed by atoms with Gasteiger partial charge in [0.1, 0.15) is 0 Å². The minimum absolute atomic E-state index is 0.0701. The summed E-state index contributed by atoms with van der Waals surface area (Å²) in [5, 5.41) is 11.5. The molecule has 0 bridgehead atoms. The zero-order chi connectivity index (χ0) is 13.7. The molecule has 0 saturated heterocycles. The normalized spacial score (nSPS) is 12.4. The Balaban J connectivity index is 2.21. The Morgan fingerprint density at radius 1 is 1.21 bits per heavy atom. The Morgan fingerprint density at radius 2 is 1.95 bits per heavy atom. The van der Waals surface area contributed by atoms with E-state index in [4.69, 9.17) is 4.42 Å². The van der Waals surface area contributed by atoms with E-state index in [1.807, 2.05) is 42.2 Å². The van der Waals surface area contributed by atoms with E-state index in [1.165, 1.54) is 0 Å². The molecule has 0 aliphatic rings. The summed E-state index contributed by atoms with van der Waals surface area (Å²) in [5.41, 5.74) is 1.05. The Bertz CT molecular complexity index is 497. The Kier molecular flexibility index (Phi) is 4.52. The Morgan fingerprint density at radius 3 is 2.58 bits per heavy atom. The summed E-state index contributed by atoms with van der Waals surface area (Å²) in [6.07, 6.45) is 0. The Labute approximate surface area is 113 Å². The molecule has 2 rings (SSSR count). The van der Waals surface area contributed by atoms with Crippen molar-refractivity contribution in [2.45, 2.75) is 26.8 Å². The van der Waals surface area contributed by atoms with E-state index in [0.717, 1.165) is 18.8 Å². The van der Waals surface area contributed by atoms with Crippen molar-refractivity contribution >= 4 is 11.7 Å². The molecule has 1 unspecified atom stereocenters. The molecule has 1 atom stereocenters. The van der Waals surface area contributed by atoms with Gasteiger partial charge in [-0.1, -0.05) is 30.2 Å². The molecule has 0 spiro atoms. The maximum Gasteiger partial charge on any atom is 0.322 e. The van der Waals surface area contributed by atoms with Crippen LogP contribution in [0.2, 0.25) is 0 Å². The maximum absolute atomic E-state index is 5.75. The number of nitrogens with one attached hydrogen (secondary N) is 1.